The zero-order valence-corrected chi connectivity index (χ0v) is 33.9. The Hall–Kier alpha value is 0.171. The van der Waals surface area contributed by atoms with Crippen molar-refractivity contribution in [1.82, 2.24) is 0 Å². The van der Waals surface area contributed by atoms with Crippen LogP contribution in [0.25, 0.3) is 0 Å². The van der Waals surface area contributed by atoms with Crippen molar-refractivity contribution in [2.75, 3.05) is 126 Å². The number of aliphatic hydroxyl groups excluding tert-OH is 2. The summed E-state index contributed by atoms with van der Waals surface area (Å²) in [6.07, 6.45) is 1.47. The molecule has 2 N–H and O–H groups in total. The molecule has 0 fully saturated rings. The minimum absolute atomic E-state index is 0.0286. The Bertz CT molecular complexity index is 707. The lowest BCUT2D eigenvalue weighted by atomic mass is 10.3. The van der Waals surface area contributed by atoms with Crippen molar-refractivity contribution in [3.8, 4) is 0 Å². The van der Waals surface area contributed by atoms with Crippen LogP contribution >= 0.6 is 0 Å². The van der Waals surface area contributed by atoms with Gasteiger partial charge in [0.25, 0.3) is 0 Å². The van der Waals surface area contributed by atoms with Gasteiger partial charge in [-0.3, -0.25) is 0 Å². The first-order valence-electron chi connectivity index (χ1n) is 17.2. The number of nitrogens with zero attached hydrogens (tertiary/aromatic N) is 1. The zero-order chi connectivity index (χ0) is 34.8. The van der Waals surface area contributed by atoms with Crippen LogP contribution in [0.4, 0.5) is 0 Å². The monoisotopic (exact) mass is 718 g/mol. The van der Waals surface area contributed by atoms with E-state index >= 15 is 0 Å². The Kier molecular flexibility index (Phi) is 27.1. The molecule has 0 aliphatic heterocycles. The topological polar surface area (TPSA) is 124 Å². The highest BCUT2D eigenvalue weighted by Crippen LogP contribution is 2.26. The standard InChI is InChI=1S/C31H72NO11Si3/c1-10-32(2,3)29-31(34)30-41-15-12-28-45(6,7)43-46(8,9)42-44(4,5)27-11-14-35-17-19-37-21-23-39-25-26-40-24-22-38-20-18-36-16-13-33/h31,33-34H,10-30H2,1-9H3/q+1. The van der Waals surface area contributed by atoms with Gasteiger partial charge in [-0.1, -0.05) is 0 Å². The lowest BCUT2D eigenvalue weighted by Crippen LogP contribution is -2.52. The summed E-state index contributed by atoms with van der Waals surface area (Å²) in [6, 6.07) is 2.04. The predicted octanol–water partition coefficient (Wildman–Crippen LogP) is 3.48. The van der Waals surface area contributed by atoms with Crippen LogP contribution in [0.2, 0.25) is 51.4 Å². The van der Waals surface area contributed by atoms with Crippen LogP contribution in [0.5, 0.6) is 0 Å². The summed E-state index contributed by atoms with van der Waals surface area (Å²) in [5.41, 5.74) is 0. The van der Waals surface area contributed by atoms with Crippen molar-refractivity contribution in [3.05, 3.63) is 0 Å². The number of likely N-dealkylation sites (N-methyl/N-ethyl adjacent to an activating group) is 1. The van der Waals surface area contributed by atoms with Crippen LogP contribution in [0, 0.1) is 0 Å². The van der Waals surface area contributed by atoms with E-state index in [4.69, 9.17) is 46.5 Å². The molecule has 0 aromatic carbocycles. The minimum atomic E-state index is -2.26. The lowest BCUT2D eigenvalue weighted by molar-refractivity contribution is -0.891. The van der Waals surface area contributed by atoms with E-state index in [1.165, 1.54) is 0 Å². The summed E-state index contributed by atoms with van der Waals surface area (Å²) in [6.45, 7) is 24.6. The molecule has 0 aromatic heterocycles. The third kappa shape index (κ3) is 30.2. The molecule has 0 rings (SSSR count). The molecule has 0 amide bonds. The molecule has 0 aromatic rings. The van der Waals surface area contributed by atoms with Gasteiger partial charge in [-0.25, -0.2) is 0 Å². The first-order chi connectivity index (χ1) is 21.6. The molecular formula is C31H72NO11Si3+. The third-order valence-corrected chi connectivity index (χ3v) is 18.6. The molecule has 0 bridgehead atoms. The molecule has 46 heavy (non-hydrogen) atoms. The molecule has 0 radical (unpaired) electrons. The maximum Gasteiger partial charge on any atom is 0.311 e. The quantitative estimate of drug-likeness (QED) is 0.0578. The minimum Gasteiger partial charge on any atom is -0.437 e. The van der Waals surface area contributed by atoms with E-state index in [2.05, 4.69) is 60.3 Å². The van der Waals surface area contributed by atoms with E-state index in [1.54, 1.807) is 0 Å². The van der Waals surface area contributed by atoms with Gasteiger partial charge in [0.1, 0.15) is 12.6 Å². The Morgan fingerprint density at radius 3 is 1.26 bits per heavy atom. The lowest BCUT2D eigenvalue weighted by Gasteiger charge is -2.38. The summed E-state index contributed by atoms with van der Waals surface area (Å²) in [5, 5.41) is 18.9. The van der Waals surface area contributed by atoms with Gasteiger partial charge in [-0.15, -0.1) is 0 Å². The van der Waals surface area contributed by atoms with Gasteiger partial charge in [0.05, 0.1) is 107 Å². The Labute approximate surface area is 284 Å². The first-order valence-corrected chi connectivity index (χ1v) is 26.2. The van der Waals surface area contributed by atoms with E-state index in [-0.39, 0.29) is 6.61 Å². The second kappa shape index (κ2) is 27.0. The number of rotatable bonds is 34. The van der Waals surface area contributed by atoms with E-state index in [1.807, 2.05) is 0 Å². The highest BCUT2D eigenvalue weighted by Gasteiger charge is 2.39. The first kappa shape index (κ1) is 46.2. The average Bonchev–Trinajstić information content (AvgIpc) is 2.94. The fraction of sp³-hybridized carbons (Fsp3) is 1.00. The van der Waals surface area contributed by atoms with Gasteiger partial charge >= 0.3 is 8.56 Å². The normalized spacial score (nSPS) is 13.9. The van der Waals surface area contributed by atoms with Crippen LogP contribution in [-0.2, 0) is 41.4 Å². The Balaban J connectivity index is 3.82. The molecule has 0 saturated heterocycles. The number of hydrogen-bond donors (Lipinski definition) is 2. The molecule has 0 saturated carbocycles. The molecule has 0 aliphatic rings. The van der Waals surface area contributed by atoms with Crippen molar-refractivity contribution in [3.63, 3.8) is 0 Å². The smallest absolute Gasteiger partial charge is 0.311 e. The molecule has 12 nitrogen and oxygen atoms in total. The van der Waals surface area contributed by atoms with E-state index < -0.39 is 31.3 Å². The molecular weight excluding hydrogens is 647 g/mol. The van der Waals surface area contributed by atoms with E-state index in [9.17, 15) is 5.11 Å². The maximum atomic E-state index is 10.2. The van der Waals surface area contributed by atoms with Crippen LogP contribution in [0.1, 0.15) is 19.8 Å². The third-order valence-electron chi connectivity index (χ3n) is 7.15. The SMILES string of the molecule is CC[N+](C)(C)CC(O)COCCC[Si](C)(C)O[Si](C)(C)O[Si](C)(C)CCCOCCOCCOCCOCCOCCOCCO. The highest BCUT2D eigenvalue weighted by molar-refractivity contribution is 6.87. The van der Waals surface area contributed by atoms with Crippen LogP contribution < -0.4 is 0 Å². The molecule has 0 spiro atoms. The maximum absolute atomic E-state index is 10.2. The average molecular weight is 719 g/mol. The second-order valence-electron chi connectivity index (χ2n) is 13.9. The molecule has 0 aliphatic carbocycles. The van der Waals surface area contributed by atoms with Crippen molar-refractivity contribution in [2.24, 2.45) is 0 Å². The van der Waals surface area contributed by atoms with Crippen LogP contribution in [0.15, 0.2) is 0 Å². The van der Waals surface area contributed by atoms with E-state index in [0.717, 1.165) is 36.0 Å². The van der Waals surface area contributed by atoms with E-state index in [0.29, 0.717) is 99.0 Å². The number of aliphatic hydroxyl groups is 2. The fourth-order valence-electron chi connectivity index (χ4n) is 4.89. The van der Waals surface area contributed by atoms with Crippen LogP contribution in [-0.4, -0.2) is 172 Å². The van der Waals surface area contributed by atoms with Crippen molar-refractivity contribution >= 4 is 25.2 Å². The summed E-state index contributed by atoms with van der Waals surface area (Å²) in [4.78, 5) is 0. The van der Waals surface area contributed by atoms with Gasteiger partial charge < -0.3 is 56.1 Å². The summed E-state index contributed by atoms with van der Waals surface area (Å²) < 4.78 is 52.8. The van der Waals surface area contributed by atoms with Gasteiger partial charge in [-0.05, 0) is 71.1 Å². The molecule has 1 unspecified atom stereocenters. The fourth-order valence-corrected chi connectivity index (χ4v) is 18.9. The largest absolute Gasteiger partial charge is 0.437 e. The zero-order valence-electron chi connectivity index (χ0n) is 30.9. The highest BCUT2D eigenvalue weighted by atomic mass is 28.5. The molecule has 0 heterocycles. The summed E-state index contributed by atoms with van der Waals surface area (Å²) in [7, 11) is -1.79. The molecule has 278 valence electrons. The van der Waals surface area contributed by atoms with Crippen LogP contribution in [0.3, 0.4) is 0 Å². The van der Waals surface area contributed by atoms with Crippen molar-refractivity contribution in [2.45, 2.75) is 77.2 Å². The van der Waals surface area contributed by atoms with Crippen molar-refractivity contribution in [1.29, 1.82) is 0 Å². The van der Waals surface area contributed by atoms with Gasteiger partial charge in [0.2, 0.25) is 0 Å². The summed E-state index contributed by atoms with van der Waals surface area (Å²) in [5.74, 6) is 0. The Morgan fingerprint density at radius 2 is 0.891 bits per heavy atom. The second-order valence-corrected chi connectivity index (χ2v) is 26.4. The predicted molar refractivity (Wildman–Crippen MR) is 190 cm³/mol. The molecule has 15 heteroatoms. The summed E-state index contributed by atoms with van der Waals surface area (Å²) >= 11 is 0. The van der Waals surface area contributed by atoms with Gasteiger partial charge in [0.15, 0.2) is 16.6 Å². The number of ether oxygens (including phenoxy) is 7. The van der Waals surface area contributed by atoms with Gasteiger partial charge in [-0.2, -0.15) is 0 Å². The number of hydrogen-bond acceptors (Lipinski definition) is 11. The van der Waals surface area contributed by atoms with Gasteiger partial charge in [0, 0.05) is 13.2 Å². The Morgan fingerprint density at radius 1 is 0.543 bits per heavy atom. The molecule has 1 atom stereocenters. The van der Waals surface area contributed by atoms with Crippen molar-refractivity contribution < 1.29 is 56.1 Å². The number of quaternary nitrogens is 1.